The molecule has 0 saturated carbocycles. The van der Waals surface area contributed by atoms with E-state index in [1.165, 1.54) is 0 Å². The van der Waals surface area contributed by atoms with Gasteiger partial charge in [-0.15, -0.1) is 0 Å². The van der Waals surface area contributed by atoms with Crippen LogP contribution in [0, 0.1) is 5.41 Å². The lowest BCUT2D eigenvalue weighted by Crippen LogP contribution is -2.50. The number of hydrogen-bond acceptors (Lipinski definition) is 3. The first-order chi connectivity index (χ1) is 9.89. The Hall–Kier alpha value is -1.55. The molecule has 1 aromatic rings. The predicted molar refractivity (Wildman–Crippen MR) is 86.2 cm³/mol. The van der Waals surface area contributed by atoms with Crippen molar-refractivity contribution in [1.29, 1.82) is 0 Å². The maximum Gasteiger partial charge on any atom is 0.227 e. The largest absolute Gasteiger partial charge is 0.486 e. The number of para-hydroxylation sites is 1. The van der Waals surface area contributed by atoms with Gasteiger partial charge >= 0.3 is 0 Å². The van der Waals surface area contributed by atoms with Crippen molar-refractivity contribution in [1.82, 2.24) is 5.32 Å². The van der Waals surface area contributed by atoms with Gasteiger partial charge in [-0.3, -0.25) is 4.79 Å². The van der Waals surface area contributed by atoms with Gasteiger partial charge in [0.2, 0.25) is 5.91 Å². The normalized spacial score (nSPS) is 12.0. The highest BCUT2D eigenvalue weighted by molar-refractivity contribution is 5.82. The van der Waals surface area contributed by atoms with Crippen LogP contribution in [-0.4, -0.2) is 24.6 Å². The van der Waals surface area contributed by atoms with Gasteiger partial charge in [0.15, 0.2) is 0 Å². The first-order valence-electron chi connectivity index (χ1n) is 7.61. The molecule has 1 rings (SSSR count). The summed E-state index contributed by atoms with van der Waals surface area (Å²) < 4.78 is 5.92. The summed E-state index contributed by atoms with van der Waals surface area (Å²) in [5.41, 5.74) is 4.86. The molecule has 0 aromatic heterocycles. The maximum absolute atomic E-state index is 12.4. The van der Waals surface area contributed by atoms with Gasteiger partial charge in [-0.2, -0.15) is 0 Å². The lowest BCUT2D eigenvalue weighted by atomic mass is 9.81. The Bertz CT molecular complexity index is 431. The Balaban J connectivity index is 2.62. The Kier molecular flexibility index (Phi) is 6.21. The van der Waals surface area contributed by atoms with Crippen LogP contribution in [0.3, 0.4) is 0 Å². The minimum absolute atomic E-state index is 0.0136. The molecular weight excluding hydrogens is 264 g/mol. The molecule has 4 heteroatoms. The Morgan fingerprint density at radius 1 is 1.19 bits per heavy atom. The van der Waals surface area contributed by atoms with E-state index in [-0.39, 0.29) is 5.91 Å². The third-order valence-corrected chi connectivity index (χ3v) is 4.04. The van der Waals surface area contributed by atoms with E-state index in [1.807, 2.05) is 58.0 Å². The van der Waals surface area contributed by atoms with Crippen molar-refractivity contribution in [2.75, 3.05) is 13.1 Å². The van der Waals surface area contributed by atoms with Crippen LogP contribution in [0.5, 0.6) is 5.75 Å². The number of nitrogens with two attached hydrogens (primary N) is 1. The standard InChI is InChI=1S/C17H28N2O2/c1-5-17(6-2,12-18)15(20)19-13-16(3,4)21-14-10-8-7-9-11-14/h7-11H,5-6,12-13,18H2,1-4H3,(H,19,20). The van der Waals surface area contributed by atoms with E-state index < -0.39 is 11.0 Å². The summed E-state index contributed by atoms with van der Waals surface area (Å²) in [4.78, 5) is 12.4. The zero-order valence-corrected chi connectivity index (χ0v) is 13.6. The van der Waals surface area contributed by atoms with E-state index in [1.54, 1.807) is 0 Å². The molecule has 0 fully saturated rings. The van der Waals surface area contributed by atoms with E-state index in [0.29, 0.717) is 13.1 Å². The number of nitrogens with one attached hydrogen (secondary N) is 1. The van der Waals surface area contributed by atoms with E-state index in [2.05, 4.69) is 5.32 Å². The monoisotopic (exact) mass is 292 g/mol. The molecule has 3 N–H and O–H groups in total. The summed E-state index contributed by atoms with van der Waals surface area (Å²) in [6.45, 7) is 8.74. The van der Waals surface area contributed by atoms with Crippen LogP contribution in [0.1, 0.15) is 40.5 Å². The van der Waals surface area contributed by atoms with Gasteiger partial charge < -0.3 is 15.8 Å². The highest BCUT2D eigenvalue weighted by Crippen LogP contribution is 2.25. The lowest BCUT2D eigenvalue weighted by Gasteiger charge is -2.32. The molecule has 0 spiro atoms. The minimum Gasteiger partial charge on any atom is -0.486 e. The van der Waals surface area contributed by atoms with Crippen LogP contribution in [-0.2, 0) is 4.79 Å². The van der Waals surface area contributed by atoms with Crippen LogP contribution in [0.2, 0.25) is 0 Å². The summed E-state index contributed by atoms with van der Waals surface area (Å²) in [5.74, 6) is 0.813. The molecule has 118 valence electrons. The SMILES string of the molecule is CCC(CC)(CN)C(=O)NCC(C)(C)Oc1ccccc1. The molecule has 4 nitrogen and oxygen atoms in total. The van der Waals surface area contributed by atoms with Crippen molar-refractivity contribution in [3.05, 3.63) is 30.3 Å². The smallest absolute Gasteiger partial charge is 0.227 e. The van der Waals surface area contributed by atoms with Crippen molar-refractivity contribution in [2.45, 2.75) is 46.1 Å². The fourth-order valence-electron chi connectivity index (χ4n) is 2.28. The first kappa shape index (κ1) is 17.5. The van der Waals surface area contributed by atoms with Gasteiger partial charge in [0.05, 0.1) is 12.0 Å². The van der Waals surface area contributed by atoms with Crippen LogP contribution in [0.25, 0.3) is 0 Å². The average molecular weight is 292 g/mol. The zero-order chi connectivity index (χ0) is 15.9. The van der Waals surface area contributed by atoms with Gasteiger partial charge in [-0.1, -0.05) is 32.0 Å². The topological polar surface area (TPSA) is 64.4 Å². The number of ether oxygens (including phenoxy) is 1. The van der Waals surface area contributed by atoms with Crippen LogP contribution in [0.15, 0.2) is 30.3 Å². The molecule has 0 heterocycles. The third-order valence-electron chi connectivity index (χ3n) is 4.04. The molecule has 21 heavy (non-hydrogen) atoms. The molecule has 1 amide bonds. The molecular formula is C17H28N2O2. The predicted octanol–water partition coefficient (Wildman–Crippen LogP) is 2.73. The van der Waals surface area contributed by atoms with Crippen LogP contribution >= 0.6 is 0 Å². The van der Waals surface area contributed by atoms with E-state index in [0.717, 1.165) is 18.6 Å². The maximum atomic E-state index is 12.4. The number of benzene rings is 1. The summed E-state index contributed by atoms with van der Waals surface area (Å²) >= 11 is 0. The van der Waals surface area contributed by atoms with Crippen LogP contribution in [0.4, 0.5) is 0 Å². The van der Waals surface area contributed by atoms with E-state index >= 15 is 0 Å². The number of carbonyl (C=O) groups is 1. The summed E-state index contributed by atoms with van der Waals surface area (Å²) in [5, 5.41) is 2.99. The Labute approximate surface area is 128 Å². The second kappa shape index (κ2) is 7.46. The second-order valence-corrected chi connectivity index (χ2v) is 6.05. The van der Waals surface area contributed by atoms with Crippen molar-refractivity contribution in [3.8, 4) is 5.75 Å². The lowest BCUT2D eigenvalue weighted by molar-refractivity contribution is -0.131. The highest BCUT2D eigenvalue weighted by atomic mass is 16.5. The number of hydrogen-bond donors (Lipinski definition) is 2. The minimum atomic E-state index is -0.473. The summed E-state index contributed by atoms with van der Waals surface area (Å²) in [6.07, 6.45) is 1.48. The van der Waals surface area contributed by atoms with Gasteiger partial charge in [-0.25, -0.2) is 0 Å². The first-order valence-corrected chi connectivity index (χ1v) is 7.61. The van der Waals surface area contributed by atoms with Crippen molar-refractivity contribution >= 4 is 5.91 Å². The molecule has 0 radical (unpaired) electrons. The summed E-state index contributed by atoms with van der Waals surface area (Å²) in [6, 6.07) is 9.62. The molecule has 0 bridgehead atoms. The van der Waals surface area contributed by atoms with E-state index in [4.69, 9.17) is 10.5 Å². The number of amides is 1. The molecule has 0 saturated heterocycles. The summed E-state index contributed by atoms with van der Waals surface area (Å²) in [7, 11) is 0. The van der Waals surface area contributed by atoms with Crippen molar-refractivity contribution in [2.24, 2.45) is 11.1 Å². The van der Waals surface area contributed by atoms with Gasteiger partial charge in [0.1, 0.15) is 11.4 Å². The number of rotatable bonds is 8. The Morgan fingerprint density at radius 3 is 2.24 bits per heavy atom. The average Bonchev–Trinajstić information content (AvgIpc) is 2.48. The van der Waals surface area contributed by atoms with Crippen molar-refractivity contribution < 1.29 is 9.53 Å². The molecule has 0 unspecified atom stereocenters. The molecule has 1 aromatic carbocycles. The molecule has 0 aliphatic carbocycles. The van der Waals surface area contributed by atoms with Gasteiger partial charge in [-0.05, 0) is 38.8 Å². The highest BCUT2D eigenvalue weighted by Gasteiger charge is 2.34. The fraction of sp³-hybridized carbons (Fsp3) is 0.588. The Morgan fingerprint density at radius 2 is 1.76 bits per heavy atom. The third kappa shape index (κ3) is 4.74. The molecule has 0 aliphatic rings. The zero-order valence-electron chi connectivity index (χ0n) is 13.6. The fourth-order valence-corrected chi connectivity index (χ4v) is 2.28. The second-order valence-electron chi connectivity index (χ2n) is 6.05. The van der Waals surface area contributed by atoms with Gasteiger partial charge in [0, 0.05) is 6.54 Å². The molecule has 0 aliphatic heterocycles. The number of carbonyl (C=O) groups excluding carboxylic acids is 1. The van der Waals surface area contributed by atoms with Crippen molar-refractivity contribution in [3.63, 3.8) is 0 Å². The molecule has 0 atom stereocenters. The van der Waals surface area contributed by atoms with E-state index in [9.17, 15) is 4.79 Å². The van der Waals surface area contributed by atoms with Crippen LogP contribution < -0.4 is 15.8 Å². The quantitative estimate of drug-likeness (QED) is 0.774. The van der Waals surface area contributed by atoms with Gasteiger partial charge in [0.25, 0.3) is 0 Å².